The largest absolute Gasteiger partial charge is 0.466 e. The molecule has 2 aliphatic heterocycles. The first kappa shape index (κ1) is 21.5. The number of likely N-dealkylation sites (tertiary alicyclic amines) is 2. The number of piperidine rings is 1. The predicted octanol–water partition coefficient (Wildman–Crippen LogP) is 2.02. The van der Waals surface area contributed by atoms with E-state index >= 15 is 0 Å². The van der Waals surface area contributed by atoms with E-state index in [4.69, 9.17) is 9.73 Å². The Morgan fingerprint density at radius 2 is 2.11 bits per heavy atom. The first-order valence-electron chi connectivity index (χ1n) is 10.6. The SMILES string of the molecule is CCNC(=NCCC(CC)N1CCCC1=O)N1CCCC(C(=O)OCC)C1. The second-order valence-electron chi connectivity index (χ2n) is 7.31. The van der Waals surface area contributed by atoms with Gasteiger partial charge < -0.3 is 19.9 Å². The Labute approximate surface area is 163 Å². The van der Waals surface area contributed by atoms with E-state index in [2.05, 4.69) is 24.1 Å². The smallest absolute Gasteiger partial charge is 0.310 e. The van der Waals surface area contributed by atoms with E-state index in [0.717, 1.165) is 57.7 Å². The molecule has 0 spiro atoms. The first-order valence-corrected chi connectivity index (χ1v) is 10.6. The van der Waals surface area contributed by atoms with Gasteiger partial charge in [0.15, 0.2) is 5.96 Å². The number of esters is 1. The molecule has 2 saturated heterocycles. The molecule has 0 aromatic carbocycles. The molecule has 0 aliphatic carbocycles. The third-order valence-electron chi connectivity index (χ3n) is 5.42. The summed E-state index contributed by atoms with van der Waals surface area (Å²) in [5.41, 5.74) is 0. The first-order chi connectivity index (χ1) is 13.1. The summed E-state index contributed by atoms with van der Waals surface area (Å²) in [4.78, 5) is 33.1. The molecule has 2 aliphatic rings. The third kappa shape index (κ3) is 6.11. The van der Waals surface area contributed by atoms with Crippen LogP contribution in [0.25, 0.3) is 0 Å². The highest BCUT2D eigenvalue weighted by Gasteiger charge is 2.29. The van der Waals surface area contributed by atoms with E-state index in [1.165, 1.54) is 0 Å². The fraction of sp³-hybridized carbons (Fsp3) is 0.850. The summed E-state index contributed by atoms with van der Waals surface area (Å²) in [6, 6.07) is 0.278. The average molecular weight is 381 g/mol. The van der Waals surface area contributed by atoms with Gasteiger partial charge in [-0.3, -0.25) is 14.6 Å². The Morgan fingerprint density at radius 1 is 1.30 bits per heavy atom. The molecule has 2 unspecified atom stereocenters. The fourth-order valence-electron chi connectivity index (χ4n) is 4.00. The van der Waals surface area contributed by atoms with Crippen LogP contribution in [0.15, 0.2) is 4.99 Å². The Balaban J connectivity index is 1.94. The Morgan fingerprint density at radius 3 is 2.74 bits per heavy atom. The maximum absolute atomic E-state index is 12.1. The van der Waals surface area contributed by atoms with Crippen molar-refractivity contribution in [2.45, 2.75) is 65.3 Å². The zero-order valence-electron chi connectivity index (χ0n) is 17.2. The van der Waals surface area contributed by atoms with Crippen molar-refractivity contribution in [3.05, 3.63) is 0 Å². The van der Waals surface area contributed by atoms with E-state index in [0.29, 0.717) is 26.1 Å². The molecule has 0 bridgehead atoms. The number of carbonyl (C=O) groups is 2. The van der Waals surface area contributed by atoms with Crippen LogP contribution in [-0.2, 0) is 14.3 Å². The molecule has 7 nitrogen and oxygen atoms in total. The zero-order valence-corrected chi connectivity index (χ0v) is 17.2. The molecule has 0 radical (unpaired) electrons. The fourth-order valence-corrected chi connectivity index (χ4v) is 4.00. The van der Waals surface area contributed by atoms with Crippen LogP contribution < -0.4 is 5.32 Å². The molecule has 2 rings (SSSR count). The number of nitrogens with zero attached hydrogens (tertiary/aromatic N) is 3. The second-order valence-corrected chi connectivity index (χ2v) is 7.31. The van der Waals surface area contributed by atoms with Crippen LogP contribution in [0.3, 0.4) is 0 Å². The van der Waals surface area contributed by atoms with Crippen LogP contribution >= 0.6 is 0 Å². The molecule has 0 aromatic rings. The number of nitrogens with one attached hydrogen (secondary N) is 1. The third-order valence-corrected chi connectivity index (χ3v) is 5.42. The number of guanidine groups is 1. The summed E-state index contributed by atoms with van der Waals surface area (Å²) < 4.78 is 5.20. The lowest BCUT2D eigenvalue weighted by Gasteiger charge is -2.34. The molecule has 7 heteroatoms. The van der Waals surface area contributed by atoms with Gasteiger partial charge in [0.2, 0.25) is 5.91 Å². The summed E-state index contributed by atoms with van der Waals surface area (Å²) >= 11 is 0. The molecular formula is C20H36N4O3. The summed E-state index contributed by atoms with van der Waals surface area (Å²) in [5, 5.41) is 3.36. The molecular weight excluding hydrogens is 344 g/mol. The van der Waals surface area contributed by atoms with Gasteiger partial charge >= 0.3 is 5.97 Å². The van der Waals surface area contributed by atoms with Crippen LogP contribution in [0.4, 0.5) is 0 Å². The number of amides is 1. The molecule has 2 atom stereocenters. The van der Waals surface area contributed by atoms with Crippen molar-refractivity contribution in [2.24, 2.45) is 10.9 Å². The average Bonchev–Trinajstić information content (AvgIpc) is 3.10. The van der Waals surface area contributed by atoms with Gasteiger partial charge in [-0.25, -0.2) is 0 Å². The Bertz CT molecular complexity index is 523. The highest BCUT2D eigenvalue weighted by atomic mass is 16.5. The number of aliphatic imine (C=N–C) groups is 1. The van der Waals surface area contributed by atoms with Crippen molar-refractivity contribution in [1.82, 2.24) is 15.1 Å². The van der Waals surface area contributed by atoms with Crippen molar-refractivity contribution < 1.29 is 14.3 Å². The Kier molecular flexibility index (Phi) is 8.88. The van der Waals surface area contributed by atoms with E-state index < -0.39 is 0 Å². The lowest BCUT2D eigenvalue weighted by Crippen LogP contribution is -2.48. The molecule has 0 saturated carbocycles. The molecule has 154 valence electrons. The van der Waals surface area contributed by atoms with Gasteiger partial charge in [-0.2, -0.15) is 0 Å². The highest BCUT2D eigenvalue weighted by Crippen LogP contribution is 2.20. The van der Waals surface area contributed by atoms with E-state index in [-0.39, 0.29) is 23.8 Å². The van der Waals surface area contributed by atoms with Crippen molar-refractivity contribution in [3.8, 4) is 0 Å². The minimum atomic E-state index is -0.100. The van der Waals surface area contributed by atoms with Crippen LogP contribution in [0.5, 0.6) is 0 Å². The van der Waals surface area contributed by atoms with Gasteiger partial charge in [-0.1, -0.05) is 6.92 Å². The van der Waals surface area contributed by atoms with Gasteiger partial charge in [0.05, 0.1) is 12.5 Å². The molecule has 2 heterocycles. The molecule has 1 amide bonds. The molecule has 27 heavy (non-hydrogen) atoms. The van der Waals surface area contributed by atoms with Crippen LogP contribution in [0.1, 0.15) is 59.3 Å². The minimum Gasteiger partial charge on any atom is -0.466 e. The number of hydrogen-bond donors (Lipinski definition) is 1. The number of hydrogen-bond acceptors (Lipinski definition) is 4. The van der Waals surface area contributed by atoms with E-state index in [1.54, 1.807) is 0 Å². The lowest BCUT2D eigenvalue weighted by molar-refractivity contribution is -0.149. The summed E-state index contributed by atoms with van der Waals surface area (Å²) in [7, 11) is 0. The monoisotopic (exact) mass is 380 g/mol. The number of ether oxygens (including phenoxy) is 1. The van der Waals surface area contributed by atoms with Crippen molar-refractivity contribution in [2.75, 3.05) is 39.3 Å². The van der Waals surface area contributed by atoms with E-state index in [9.17, 15) is 9.59 Å². The summed E-state index contributed by atoms with van der Waals surface area (Å²) in [5.74, 6) is 0.977. The zero-order chi connectivity index (χ0) is 19.6. The van der Waals surface area contributed by atoms with Crippen molar-refractivity contribution in [3.63, 3.8) is 0 Å². The normalized spacial score (nSPS) is 22.1. The topological polar surface area (TPSA) is 74.2 Å². The van der Waals surface area contributed by atoms with Crippen molar-refractivity contribution in [1.29, 1.82) is 0 Å². The van der Waals surface area contributed by atoms with Gasteiger partial charge in [-0.05, 0) is 46.0 Å². The summed E-state index contributed by atoms with van der Waals surface area (Å²) in [6.45, 7) is 10.4. The highest BCUT2D eigenvalue weighted by molar-refractivity contribution is 5.81. The van der Waals surface area contributed by atoms with Crippen LogP contribution in [0.2, 0.25) is 0 Å². The maximum atomic E-state index is 12.1. The van der Waals surface area contributed by atoms with Crippen LogP contribution in [-0.4, -0.2) is 73.0 Å². The molecule has 2 fully saturated rings. The van der Waals surface area contributed by atoms with Gasteiger partial charge in [0.1, 0.15) is 0 Å². The number of rotatable bonds is 8. The quantitative estimate of drug-likeness (QED) is 0.396. The van der Waals surface area contributed by atoms with E-state index in [1.807, 2.05) is 11.8 Å². The minimum absolute atomic E-state index is 0.0758. The maximum Gasteiger partial charge on any atom is 0.310 e. The molecule has 0 aromatic heterocycles. The standard InChI is InChI=1S/C20H36N4O3/c1-4-17(24-14-8-10-18(24)25)11-12-22-20(21-5-2)23-13-7-9-16(15-23)19(26)27-6-3/h16-17H,4-15H2,1-3H3,(H,21,22). The van der Waals surface area contributed by atoms with Gasteiger partial charge in [0, 0.05) is 45.2 Å². The predicted molar refractivity (Wildman–Crippen MR) is 107 cm³/mol. The lowest BCUT2D eigenvalue weighted by atomic mass is 9.98. The Hall–Kier alpha value is -1.79. The number of carbonyl (C=O) groups excluding carboxylic acids is 2. The second kappa shape index (κ2) is 11.1. The molecule has 1 N–H and O–H groups in total. The summed E-state index contributed by atoms with van der Waals surface area (Å²) in [6.07, 6.45) is 5.35. The van der Waals surface area contributed by atoms with Gasteiger partial charge in [-0.15, -0.1) is 0 Å². The van der Waals surface area contributed by atoms with Crippen LogP contribution in [0, 0.1) is 5.92 Å². The van der Waals surface area contributed by atoms with Gasteiger partial charge in [0.25, 0.3) is 0 Å². The van der Waals surface area contributed by atoms with Crippen molar-refractivity contribution >= 4 is 17.8 Å².